The Labute approximate surface area is 117 Å². The first-order valence-corrected chi connectivity index (χ1v) is 6.58. The fourth-order valence-corrected chi connectivity index (χ4v) is 2.43. The van der Waals surface area contributed by atoms with Gasteiger partial charge in [-0.3, -0.25) is 9.69 Å². The average molecular weight is 282 g/mol. The highest BCUT2D eigenvalue weighted by atomic mass is 19.1. The van der Waals surface area contributed by atoms with E-state index < -0.39 is 11.5 Å². The lowest BCUT2D eigenvalue weighted by atomic mass is 9.93. The third-order valence-corrected chi connectivity index (χ3v) is 3.33. The van der Waals surface area contributed by atoms with Gasteiger partial charge in [0.15, 0.2) is 0 Å². The molecule has 5 nitrogen and oxygen atoms in total. The van der Waals surface area contributed by atoms with Gasteiger partial charge in [-0.05, 0) is 43.7 Å². The predicted octanol–water partition coefficient (Wildman–Crippen LogP) is 0.517. The maximum Gasteiger partial charge on any atom is 0.231 e. The van der Waals surface area contributed by atoms with E-state index in [1.807, 2.05) is 4.90 Å². The van der Waals surface area contributed by atoms with Crippen LogP contribution < -0.4 is 10.5 Å². The van der Waals surface area contributed by atoms with Crippen LogP contribution in [-0.4, -0.2) is 47.8 Å². The predicted molar refractivity (Wildman–Crippen MR) is 71.7 cm³/mol. The number of primary amides is 1. The number of benzene rings is 1. The Bertz CT molecular complexity index is 466. The normalized spacial score (nSPS) is 23.5. The number of nitrogens with zero attached hydrogens (tertiary/aromatic N) is 1. The molecule has 1 aromatic carbocycles. The van der Waals surface area contributed by atoms with Crippen molar-refractivity contribution in [3.63, 3.8) is 0 Å². The monoisotopic (exact) mass is 282 g/mol. The number of β-amino-alcohol motifs (C(OH)–C–C–N with tert-alkyl or cyclic N) is 1. The van der Waals surface area contributed by atoms with Gasteiger partial charge >= 0.3 is 0 Å². The van der Waals surface area contributed by atoms with Crippen LogP contribution in [0.5, 0.6) is 5.75 Å². The highest BCUT2D eigenvalue weighted by Gasteiger charge is 2.34. The quantitative estimate of drug-likeness (QED) is 0.825. The van der Waals surface area contributed by atoms with E-state index in [-0.39, 0.29) is 19.0 Å². The van der Waals surface area contributed by atoms with Gasteiger partial charge in [0, 0.05) is 6.54 Å². The number of likely N-dealkylation sites (tertiary alicyclic amines) is 1. The lowest BCUT2D eigenvalue weighted by molar-refractivity contribution is -0.121. The van der Waals surface area contributed by atoms with Crippen LogP contribution >= 0.6 is 0 Å². The maximum atomic E-state index is 12.8. The van der Waals surface area contributed by atoms with Gasteiger partial charge in [0.2, 0.25) is 5.91 Å². The first-order valence-electron chi connectivity index (χ1n) is 6.58. The summed E-state index contributed by atoms with van der Waals surface area (Å²) >= 11 is 0. The van der Waals surface area contributed by atoms with Gasteiger partial charge in [-0.25, -0.2) is 4.39 Å². The summed E-state index contributed by atoms with van der Waals surface area (Å²) in [5.41, 5.74) is 4.15. The Morgan fingerprint density at radius 3 is 2.80 bits per heavy atom. The van der Waals surface area contributed by atoms with Gasteiger partial charge in [-0.1, -0.05) is 0 Å². The highest BCUT2D eigenvalue weighted by Crippen LogP contribution is 2.22. The van der Waals surface area contributed by atoms with Crippen LogP contribution in [-0.2, 0) is 4.79 Å². The second kappa shape index (κ2) is 6.19. The van der Waals surface area contributed by atoms with Crippen LogP contribution in [0.1, 0.15) is 12.8 Å². The van der Waals surface area contributed by atoms with Gasteiger partial charge < -0.3 is 15.6 Å². The number of amides is 1. The molecule has 1 aliphatic heterocycles. The Kier molecular flexibility index (Phi) is 4.57. The average Bonchev–Trinajstić information content (AvgIpc) is 2.37. The number of piperidine rings is 1. The molecule has 1 aromatic rings. The SMILES string of the molecule is NC(=O)CN1CCC[C@@](O)(COc2ccc(F)cc2)C1. The number of carbonyl (C=O) groups is 1. The van der Waals surface area contributed by atoms with Crippen molar-refractivity contribution in [2.45, 2.75) is 18.4 Å². The molecule has 0 spiro atoms. The molecule has 3 N–H and O–H groups in total. The van der Waals surface area contributed by atoms with Crippen LogP contribution in [0, 0.1) is 5.82 Å². The zero-order valence-electron chi connectivity index (χ0n) is 11.2. The van der Waals surface area contributed by atoms with Crippen LogP contribution in [0.2, 0.25) is 0 Å². The maximum absolute atomic E-state index is 12.8. The van der Waals surface area contributed by atoms with Gasteiger partial charge in [0.05, 0.1) is 6.54 Å². The van der Waals surface area contributed by atoms with E-state index in [9.17, 15) is 14.3 Å². The van der Waals surface area contributed by atoms with E-state index >= 15 is 0 Å². The highest BCUT2D eigenvalue weighted by molar-refractivity contribution is 5.75. The largest absolute Gasteiger partial charge is 0.491 e. The lowest BCUT2D eigenvalue weighted by Gasteiger charge is -2.38. The fraction of sp³-hybridized carbons (Fsp3) is 0.500. The molecule has 1 atom stereocenters. The molecule has 0 unspecified atom stereocenters. The summed E-state index contributed by atoms with van der Waals surface area (Å²) in [5.74, 6) is -0.234. The molecule has 6 heteroatoms. The van der Waals surface area contributed by atoms with E-state index in [2.05, 4.69) is 0 Å². The summed E-state index contributed by atoms with van der Waals surface area (Å²) < 4.78 is 18.3. The smallest absolute Gasteiger partial charge is 0.231 e. The van der Waals surface area contributed by atoms with Crippen molar-refractivity contribution in [3.05, 3.63) is 30.1 Å². The third-order valence-electron chi connectivity index (χ3n) is 3.33. The van der Waals surface area contributed by atoms with Gasteiger partial charge in [-0.15, -0.1) is 0 Å². The van der Waals surface area contributed by atoms with Crippen LogP contribution in [0.25, 0.3) is 0 Å². The number of hydrogen-bond acceptors (Lipinski definition) is 4. The molecule has 0 bridgehead atoms. The summed E-state index contributed by atoms with van der Waals surface area (Å²) in [6.45, 7) is 1.33. The molecule has 0 radical (unpaired) electrons. The minimum Gasteiger partial charge on any atom is -0.491 e. The van der Waals surface area contributed by atoms with E-state index in [1.165, 1.54) is 24.3 Å². The minimum atomic E-state index is -1.01. The van der Waals surface area contributed by atoms with Crippen molar-refractivity contribution in [2.75, 3.05) is 26.2 Å². The first-order chi connectivity index (χ1) is 9.47. The van der Waals surface area contributed by atoms with Crippen LogP contribution in [0.3, 0.4) is 0 Å². The fourth-order valence-electron chi connectivity index (χ4n) is 2.43. The number of hydrogen-bond donors (Lipinski definition) is 2. The number of carbonyl (C=O) groups excluding carboxylic acids is 1. The summed E-state index contributed by atoms with van der Waals surface area (Å²) in [4.78, 5) is 12.7. The molecular formula is C14H19FN2O3. The molecule has 1 amide bonds. The van der Waals surface area contributed by atoms with Crippen molar-refractivity contribution in [2.24, 2.45) is 5.73 Å². The van der Waals surface area contributed by atoms with E-state index in [0.29, 0.717) is 18.7 Å². The zero-order valence-corrected chi connectivity index (χ0v) is 11.2. The molecule has 0 aromatic heterocycles. The second-order valence-electron chi connectivity index (χ2n) is 5.25. The standard InChI is InChI=1S/C14H19FN2O3/c15-11-2-4-12(5-3-11)20-10-14(19)6-1-7-17(9-14)8-13(16)18/h2-5,19H,1,6-10H2,(H2,16,18)/t14-/m0/s1. The van der Waals surface area contributed by atoms with E-state index in [4.69, 9.17) is 10.5 Å². The summed E-state index contributed by atoms with van der Waals surface area (Å²) in [5, 5.41) is 10.5. The molecule has 20 heavy (non-hydrogen) atoms. The molecule has 110 valence electrons. The molecule has 0 saturated carbocycles. The number of aliphatic hydroxyl groups is 1. The first kappa shape index (κ1) is 14.7. The van der Waals surface area contributed by atoms with E-state index in [1.54, 1.807) is 0 Å². The van der Waals surface area contributed by atoms with Crippen molar-refractivity contribution in [1.82, 2.24) is 4.90 Å². The molecule has 2 rings (SSSR count). The number of ether oxygens (including phenoxy) is 1. The molecular weight excluding hydrogens is 263 g/mol. The summed E-state index contributed by atoms with van der Waals surface area (Å²) in [6.07, 6.45) is 1.38. The van der Waals surface area contributed by atoms with Gasteiger partial charge in [-0.2, -0.15) is 0 Å². The van der Waals surface area contributed by atoms with Crippen molar-refractivity contribution >= 4 is 5.91 Å². The van der Waals surface area contributed by atoms with Crippen molar-refractivity contribution in [1.29, 1.82) is 0 Å². The molecule has 1 aliphatic rings. The number of nitrogens with two attached hydrogens (primary N) is 1. The second-order valence-corrected chi connectivity index (χ2v) is 5.25. The van der Waals surface area contributed by atoms with Crippen molar-refractivity contribution in [3.8, 4) is 5.75 Å². The molecule has 1 heterocycles. The minimum absolute atomic E-state index is 0.105. The number of halogens is 1. The summed E-state index contributed by atoms with van der Waals surface area (Å²) in [7, 11) is 0. The molecule has 1 fully saturated rings. The third kappa shape index (κ3) is 4.18. The molecule has 1 saturated heterocycles. The van der Waals surface area contributed by atoms with Crippen LogP contribution in [0.15, 0.2) is 24.3 Å². The Morgan fingerprint density at radius 2 is 2.15 bits per heavy atom. The van der Waals surface area contributed by atoms with Gasteiger partial charge in [0.1, 0.15) is 23.8 Å². The summed E-state index contributed by atoms with van der Waals surface area (Å²) in [6, 6.07) is 5.64. The Hall–Kier alpha value is -1.66. The lowest BCUT2D eigenvalue weighted by Crippen LogP contribution is -2.53. The topological polar surface area (TPSA) is 75.8 Å². The van der Waals surface area contributed by atoms with Crippen molar-refractivity contribution < 1.29 is 19.0 Å². The molecule has 0 aliphatic carbocycles. The number of rotatable bonds is 5. The van der Waals surface area contributed by atoms with Gasteiger partial charge in [0.25, 0.3) is 0 Å². The Morgan fingerprint density at radius 1 is 1.45 bits per heavy atom. The van der Waals surface area contributed by atoms with Crippen LogP contribution in [0.4, 0.5) is 4.39 Å². The van der Waals surface area contributed by atoms with E-state index in [0.717, 1.165) is 13.0 Å². The zero-order chi connectivity index (χ0) is 14.6. The Balaban J connectivity index is 1.89.